The number of hydrogen-bond acceptors (Lipinski definition) is 4. The fourth-order valence-corrected chi connectivity index (χ4v) is 2.67. The first-order valence-corrected chi connectivity index (χ1v) is 9.49. The van der Waals surface area contributed by atoms with Crippen LogP contribution in [0.3, 0.4) is 0 Å². The van der Waals surface area contributed by atoms with E-state index in [0.29, 0.717) is 19.8 Å². The maximum Gasteiger partial charge on any atom is 0.192 e. The van der Waals surface area contributed by atoms with Gasteiger partial charge >= 0.3 is 0 Å². The highest BCUT2D eigenvalue weighted by Crippen LogP contribution is 2.30. The van der Waals surface area contributed by atoms with Crippen LogP contribution in [0.25, 0.3) is 0 Å². The van der Waals surface area contributed by atoms with Crippen molar-refractivity contribution in [3.05, 3.63) is 41.7 Å². The Morgan fingerprint density at radius 2 is 1.93 bits per heavy atom. The summed E-state index contributed by atoms with van der Waals surface area (Å²) < 4.78 is 13.2. The van der Waals surface area contributed by atoms with E-state index in [1.165, 1.54) is 0 Å². The maximum absolute atomic E-state index is 5.73. The summed E-state index contributed by atoms with van der Waals surface area (Å²) in [7, 11) is 1.90. The van der Waals surface area contributed by atoms with Gasteiger partial charge in [-0.1, -0.05) is 6.07 Å². The molecule has 1 atom stereocenters. The summed E-state index contributed by atoms with van der Waals surface area (Å²) in [5.41, 5.74) is 2.18. The molecule has 0 spiro atoms. The molecule has 27 heavy (non-hydrogen) atoms. The first-order valence-electron chi connectivity index (χ1n) is 9.49. The first kappa shape index (κ1) is 20.6. The van der Waals surface area contributed by atoms with Crippen LogP contribution >= 0.6 is 0 Å². The van der Waals surface area contributed by atoms with Crippen LogP contribution in [0.15, 0.2) is 35.6 Å². The van der Waals surface area contributed by atoms with E-state index < -0.39 is 0 Å². The van der Waals surface area contributed by atoms with Crippen molar-refractivity contribution < 1.29 is 9.47 Å². The second-order valence-electron chi connectivity index (χ2n) is 6.16. The molecule has 0 saturated heterocycles. The fraction of sp³-hybridized carbons (Fsp3) is 0.500. The maximum atomic E-state index is 5.73. The van der Waals surface area contributed by atoms with E-state index in [-0.39, 0.29) is 6.04 Å². The number of aromatic nitrogens is 2. The van der Waals surface area contributed by atoms with Gasteiger partial charge in [0.05, 0.1) is 32.0 Å². The number of guanidine groups is 1. The molecule has 148 valence electrons. The monoisotopic (exact) mass is 373 g/mol. The van der Waals surface area contributed by atoms with Gasteiger partial charge in [-0.3, -0.25) is 4.68 Å². The Labute approximate surface area is 161 Å². The van der Waals surface area contributed by atoms with Crippen LogP contribution in [0.1, 0.15) is 44.9 Å². The molecule has 0 aliphatic heterocycles. The standard InChI is InChI=1S/C20H31N5O2/c1-6-21-20(22-12-16-13-23-25(5)14-16)24-15(4)17-9-10-18(26-7-2)19(11-17)27-8-3/h9-11,13-15H,6-8,12H2,1-5H3,(H2,21,22,24). The van der Waals surface area contributed by atoms with E-state index in [1.54, 1.807) is 4.68 Å². The number of nitrogens with zero attached hydrogens (tertiary/aromatic N) is 3. The molecule has 0 bridgehead atoms. The van der Waals surface area contributed by atoms with Gasteiger partial charge in [0.15, 0.2) is 17.5 Å². The Kier molecular flexibility index (Phi) is 7.98. The lowest BCUT2D eigenvalue weighted by atomic mass is 10.1. The minimum Gasteiger partial charge on any atom is -0.490 e. The van der Waals surface area contributed by atoms with Crippen molar-refractivity contribution in [3.63, 3.8) is 0 Å². The smallest absolute Gasteiger partial charge is 0.192 e. The second-order valence-corrected chi connectivity index (χ2v) is 6.16. The van der Waals surface area contributed by atoms with Crippen LogP contribution < -0.4 is 20.1 Å². The summed E-state index contributed by atoms with van der Waals surface area (Å²) >= 11 is 0. The third kappa shape index (κ3) is 6.20. The summed E-state index contributed by atoms with van der Waals surface area (Å²) in [6.45, 7) is 10.7. The zero-order chi connectivity index (χ0) is 19.6. The van der Waals surface area contributed by atoms with Gasteiger partial charge in [-0.2, -0.15) is 5.10 Å². The summed E-state index contributed by atoms with van der Waals surface area (Å²) in [5.74, 6) is 2.30. The molecule has 1 aromatic carbocycles. The van der Waals surface area contributed by atoms with Crippen LogP contribution in [0.5, 0.6) is 11.5 Å². The van der Waals surface area contributed by atoms with Gasteiger partial charge in [-0.25, -0.2) is 4.99 Å². The van der Waals surface area contributed by atoms with E-state index in [0.717, 1.165) is 35.1 Å². The number of hydrogen-bond donors (Lipinski definition) is 2. The highest BCUT2D eigenvalue weighted by atomic mass is 16.5. The molecule has 2 aromatic rings. The molecule has 2 N–H and O–H groups in total. The van der Waals surface area contributed by atoms with E-state index in [1.807, 2.05) is 45.4 Å². The van der Waals surface area contributed by atoms with E-state index in [4.69, 9.17) is 9.47 Å². The molecule has 0 fully saturated rings. The van der Waals surface area contributed by atoms with E-state index in [2.05, 4.69) is 40.6 Å². The number of benzene rings is 1. The normalized spacial score (nSPS) is 12.6. The minimum absolute atomic E-state index is 0.0616. The van der Waals surface area contributed by atoms with Crippen molar-refractivity contribution in [1.82, 2.24) is 20.4 Å². The molecule has 1 unspecified atom stereocenters. The molecule has 0 amide bonds. The second kappa shape index (κ2) is 10.4. The quantitative estimate of drug-likeness (QED) is 0.522. The fourth-order valence-electron chi connectivity index (χ4n) is 2.67. The van der Waals surface area contributed by atoms with Gasteiger partial charge in [-0.05, 0) is 45.4 Å². The van der Waals surface area contributed by atoms with Crippen LogP contribution in [0.2, 0.25) is 0 Å². The van der Waals surface area contributed by atoms with Gasteiger partial charge in [0.25, 0.3) is 0 Å². The molecule has 0 saturated carbocycles. The summed E-state index contributed by atoms with van der Waals surface area (Å²) in [4.78, 5) is 4.65. The van der Waals surface area contributed by atoms with Crippen molar-refractivity contribution in [2.45, 2.75) is 40.3 Å². The Morgan fingerprint density at radius 3 is 2.56 bits per heavy atom. The molecule has 2 rings (SSSR count). The summed E-state index contributed by atoms with van der Waals surface area (Å²) in [5, 5.41) is 10.9. The lowest BCUT2D eigenvalue weighted by Crippen LogP contribution is -2.38. The molecule has 0 aliphatic rings. The zero-order valence-electron chi connectivity index (χ0n) is 17.0. The topological polar surface area (TPSA) is 72.7 Å². The average molecular weight is 374 g/mol. The molecule has 1 heterocycles. The zero-order valence-corrected chi connectivity index (χ0v) is 17.0. The van der Waals surface area contributed by atoms with Crippen molar-refractivity contribution in [2.24, 2.45) is 12.0 Å². The Balaban J connectivity index is 2.11. The number of rotatable bonds is 9. The van der Waals surface area contributed by atoms with Crippen molar-refractivity contribution in [3.8, 4) is 11.5 Å². The van der Waals surface area contributed by atoms with Crippen LogP contribution in [-0.4, -0.2) is 35.5 Å². The van der Waals surface area contributed by atoms with Crippen molar-refractivity contribution >= 4 is 5.96 Å². The van der Waals surface area contributed by atoms with E-state index in [9.17, 15) is 0 Å². The highest BCUT2D eigenvalue weighted by molar-refractivity contribution is 5.80. The van der Waals surface area contributed by atoms with Gasteiger partial charge in [0.2, 0.25) is 0 Å². The molecular weight excluding hydrogens is 342 g/mol. The molecule has 7 heteroatoms. The minimum atomic E-state index is 0.0616. The first-order chi connectivity index (χ1) is 13.1. The van der Waals surface area contributed by atoms with Crippen LogP contribution in [0, 0.1) is 0 Å². The number of ether oxygens (including phenoxy) is 2. The Morgan fingerprint density at radius 1 is 1.19 bits per heavy atom. The van der Waals surface area contributed by atoms with Crippen LogP contribution in [-0.2, 0) is 13.6 Å². The Hall–Kier alpha value is -2.70. The SMILES string of the molecule is CCNC(=NCc1cnn(C)c1)NC(C)c1ccc(OCC)c(OCC)c1. The molecular formula is C20H31N5O2. The highest BCUT2D eigenvalue weighted by Gasteiger charge is 2.12. The molecule has 7 nitrogen and oxygen atoms in total. The lowest BCUT2D eigenvalue weighted by molar-refractivity contribution is 0.287. The van der Waals surface area contributed by atoms with Gasteiger partial charge < -0.3 is 20.1 Å². The largest absolute Gasteiger partial charge is 0.490 e. The van der Waals surface area contributed by atoms with Gasteiger partial charge in [0.1, 0.15) is 0 Å². The average Bonchev–Trinajstić information content (AvgIpc) is 3.07. The number of aliphatic imine (C=N–C) groups is 1. The molecule has 0 aliphatic carbocycles. The van der Waals surface area contributed by atoms with Crippen molar-refractivity contribution in [1.29, 1.82) is 0 Å². The predicted octanol–water partition coefficient (Wildman–Crippen LogP) is 3.03. The third-order valence-electron chi connectivity index (χ3n) is 3.94. The summed E-state index contributed by atoms with van der Waals surface area (Å²) in [6, 6.07) is 6.10. The van der Waals surface area contributed by atoms with Crippen molar-refractivity contribution in [2.75, 3.05) is 19.8 Å². The van der Waals surface area contributed by atoms with Crippen LogP contribution in [0.4, 0.5) is 0 Å². The third-order valence-corrected chi connectivity index (χ3v) is 3.94. The van der Waals surface area contributed by atoms with Gasteiger partial charge in [-0.15, -0.1) is 0 Å². The van der Waals surface area contributed by atoms with Gasteiger partial charge in [0, 0.05) is 25.4 Å². The van der Waals surface area contributed by atoms with E-state index >= 15 is 0 Å². The molecule has 1 aromatic heterocycles. The Bertz CT molecular complexity index is 742. The lowest BCUT2D eigenvalue weighted by Gasteiger charge is -2.20. The summed E-state index contributed by atoms with van der Waals surface area (Å²) in [6.07, 6.45) is 3.80. The molecule has 0 radical (unpaired) electrons. The number of nitrogens with one attached hydrogen (secondary N) is 2. The number of aryl methyl sites for hydroxylation is 1. The predicted molar refractivity (Wildman–Crippen MR) is 108 cm³/mol.